The number of rotatable bonds is 5. The summed E-state index contributed by atoms with van der Waals surface area (Å²) in [5, 5.41) is 0. The Morgan fingerprint density at radius 3 is 2.28 bits per heavy atom. The maximum absolute atomic E-state index is 12.6. The first-order chi connectivity index (χ1) is 12.0. The van der Waals surface area contributed by atoms with Gasteiger partial charge in [0.2, 0.25) is 0 Å². The van der Waals surface area contributed by atoms with Gasteiger partial charge in [0.25, 0.3) is 0 Å². The third-order valence-corrected chi connectivity index (χ3v) is 10.0. The molecule has 0 aromatic heterocycles. The molecule has 1 aromatic rings. The van der Waals surface area contributed by atoms with Crippen LogP contribution in [0.2, 0.25) is 0 Å². The zero-order valence-corrected chi connectivity index (χ0v) is 16.4. The molecule has 0 radical (unpaired) electrons. The molecule has 2 heterocycles. The van der Waals surface area contributed by atoms with Crippen molar-refractivity contribution in [1.29, 1.82) is 0 Å². The Morgan fingerprint density at radius 1 is 1.16 bits per heavy atom. The van der Waals surface area contributed by atoms with E-state index in [1.807, 2.05) is 37.3 Å². The number of nitrogens with zero attached hydrogens (tertiary/aromatic N) is 1. The van der Waals surface area contributed by atoms with Crippen molar-refractivity contribution >= 4 is 13.2 Å². The second kappa shape index (κ2) is 6.81. The number of Topliss-reactive ketones (excluding diaryl/α,β-unsaturated/α-hetero) is 1. The van der Waals surface area contributed by atoms with Crippen LogP contribution in [0.15, 0.2) is 41.7 Å². The van der Waals surface area contributed by atoms with Crippen LogP contribution in [-0.2, 0) is 18.4 Å². The van der Waals surface area contributed by atoms with Crippen molar-refractivity contribution in [3.63, 3.8) is 0 Å². The third-order valence-electron chi connectivity index (χ3n) is 5.07. The van der Waals surface area contributed by atoms with E-state index < -0.39 is 7.43 Å². The molecule has 138 valence electrons. The van der Waals surface area contributed by atoms with E-state index in [4.69, 9.17) is 13.6 Å². The number of hydrogen-bond acceptors (Lipinski definition) is 5. The van der Waals surface area contributed by atoms with Crippen molar-refractivity contribution in [2.24, 2.45) is 0 Å². The van der Waals surface area contributed by atoms with Gasteiger partial charge in [0.15, 0.2) is 0 Å². The van der Waals surface area contributed by atoms with Gasteiger partial charge in [-0.25, -0.2) is 0 Å². The van der Waals surface area contributed by atoms with Crippen LogP contribution in [0.25, 0.3) is 0 Å². The van der Waals surface area contributed by atoms with Crippen LogP contribution in [0.5, 0.6) is 0 Å². The SMILES string of the molecule is CCN(CC)P12(OCCCO1)OC(C)=C(C(C)=O)[C@@H]2c1ccccc1. The second-order valence-corrected chi connectivity index (χ2v) is 10.1. The number of ketones is 1. The fraction of sp³-hybridized carbons (Fsp3) is 0.526. The summed E-state index contributed by atoms with van der Waals surface area (Å²) in [6.45, 7) is 10.2. The van der Waals surface area contributed by atoms with Gasteiger partial charge in [0.1, 0.15) is 0 Å². The number of hydrogen-bond donors (Lipinski definition) is 0. The predicted octanol–water partition coefficient (Wildman–Crippen LogP) is 4.61. The minimum atomic E-state index is -3.72. The summed E-state index contributed by atoms with van der Waals surface area (Å²) < 4.78 is 21.7. The summed E-state index contributed by atoms with van der Waals surface area (Å²) in [7, 11) is -3.72. The third kappa shape index (κ3) is 2.65. The van der Waals surface area contributed by atoms with Gasteiger partial charge < -0.3 is 0 Å². The Kier molecular flexibility index (Phi) is 5.04. The van der Waals surface area contributed by atoms with Crippen LogP contribution in [0, 0.1) is 0 Å². The van der Waals surface area contributed by atoms with Gasteiger partial charge in [-0.2, -0.15) is 0 Å². The van der Waals surface area contributed by atoms with Gasteiger partial charge in [-0.1, -0.05) is 0 Å². The zero-order chi connectivity index (χ0) is 18.1. The maximum atomic E-state index is 12.6. The molecular formula is C19H28NO4P. The molecule has 0 unspecified atom stereocenters. The molecule has 0 N–H and O–H groups in total. The Morgan fingerprint density at radius 2 is 1.76 bits per heavy atom. The number of allylic oxidation sites excluding steroid dienone is 2. The van der Waals surface area contributed by atoms with Gasteiger partial charge in [-0.3, -0.25) is 0 Å². The zero-order valence-electron chi connectivity index (χ0n) is 15.5. The molecule has 25 heavy (non-hydrogen) atoms. The van der Waals surface area contributed by atoms with Gasteiger partial charge in [-0.05, 0) is 0 Å². The van der Waals surface area contributed by atoms with E-state index >= 15 is 0 Å². The van der Waals surface area contributed by atoms with Crippen LogP contribution < -0.4 is 0 Å². The van der Waals surface area contributed by atoms with Crippen molar-refractivity contribution in [2.45, 2.75) is 39.8 Å². The van der Waals surface area contributed by atoms with Crippen molar-refractivity contribution in [3.05, 3.63) is 47.2 Å². The van der Waals surface area contributed by atoms with Crippen LogP contribution >= 0.6 is 7.43 Å². The summed E-state index contributed by atoms with van der Waals surface area (Å²) >= 11 is 0. The minimum absolute atomic E-state index is 0.0118. The van der Waals surface area contributed by atoms with Gasteiger partial charge in [0, 0.05) is 0 Å². The summed E-state index contributed by atoms with van der Waals surface area (Å²) in [6, 6.07) is 10.0. The standard InChI is InChI=1S/C19H28NO4P/c1-5-20(6-2)25(22-13-10-14-23-25)19(17-11-8-7-9-12-17)18(15(3)21)16(4)24-25/h7-9,11-12,19H,5-6,10,13-14H2,1-4H3/t19-/m0/s1. The van der Waals surface area contributed by atoms with Crippen molar-refractivity contribution in [1.82, 2.24) is 4.67 Å². The molecule has 2 aliphatic rings. The van der Waals surface area contributed by atoms with Crippen LogP contribution in [0.4, 0.5) is 0 Å². The number of benzene rings is 1. The Hall–Kier alpha value is -1.26. The molecule has 2 aliphatic heterocycles. The van der Waals surface area contributed by atoms with Gasteiger partial charge in [0.05, 0.1) is 0 Å². The average Bonchev–Trinajstić information content (AvgIpc) is 2.86. The Bertz CT molecular complexity index is 678. The molecule has 3 rings (SSSR count). The summed E-state index contributed by atoms with van der Waals surface area (Å²) in [5.74, 6) is 0.644. The second-order valence-electron chi connectivity index (χ2n) is 6.49. The van der Waals surface area contributed by atoms with E-state index in [-0.39, 0.29) is 11.4 Å². The monoisotopic (exact) mass is 365 g/mol. The van der Waals surface area contributed by atoms with Crippen molar-refractivity contribution in [3.8, 4) is 0 Å². The average molecular weight is 365 g/mol. The fourth-order valence-electron chi connectivity index (χ4n) is 4.13. The van der Waals surface area contributed by atoms with Crippen LogP contribution in [-0.4, -0.2) is 36.8 Å². The van der Waals surface area contributed by atoms with E-state index in [1.165, 1.54) is 0 Å². The van der Waals surface area contributed by atoms with Crippen LogP contribution in [0.3, 0.4) is 0 Å². The first kappa shape index (κ1) is 18.5. The fourth-order valence-corrected chi connectivity index (χ4v) is 9.51. The molecule has 1 fully saturated rings. The summed E-state index contributed by atoms with van der Waals surface area (Å²) in [6.07, 6.45) is 0.832. The first-order valence-corrected chi connectivity index (χ1v) is 11.0. The summed E-state index contributed by atoms with van der Waals surface area (Å²) in [4.78, 5) is 12.6. The quantitative estimate of drug-likeness (QED) is 0.713. The van der Waals surface area contributed by atoms with Crippen molar-refractivity contribution < 1.29 is 18.4 Å². The van der Waals surface area contributed by atoms with Crippen molar-refractivity contribution in [2.75, 3.05) is 26.3 Å². The van der Waals surface area contributed by atoms with Gasteiger partial charge in [-0.15, -0.1) is 0 Å². The predicted molar refractivity (Wildman–Crippen MR) is 100 cm³/mol. The topological polar surface area (TPSA) is 48.0 Å². The Balaban J connectivity index is 2.28. The Labute approximate surface area is 150 Å². The molecule has 0 aliphatic carbocycles. The molecule has 0 saturated carbocycles. The van der Waals surface area contributed by atoms with Crippen LogP contribution in [0.1, 0.15) is 45.3 Å². The molecule has 0 bridgehead atoms. The number of carbonyl (C=O) groups is 1. The molecule has 1 atom stereocenters. The van der Waals surface area contributed by atoms with E-state index in [1.54, 1.807) is 6.92 Å². The van der Waals surface area contributed by atoms with E-state index in [9.17, 15) is 4.79 Å². The molecule has 1 spiro atoms. The van der Waals surface area contributed by atoms with E-state index in [0.29, 0.717) is 24.5 Å². The van der Waals surface area contributed by atoms with E-state index in [2.05, 4.69) is 18.5 Å². The van der Waals surface area contributed by atoms with Gasteiger partial charge >= 0.3 is 150 Å². The van der Waals surface area contributed by atoms with E-state index in [0.717, 1.165) is 25.1 Å². The molecule has 6 heteroatoms. The molecule has 5 nitrogen and oxygen atoms in total. The first-order valence-electron chi connectivity index (χ1n) is 9.03. The molecule has 0 amide bonds. The molecule has 1 aromatic carbocycles. The normalized spacial score (nSPS) is 26.3. The number of carbonyl (C=O) groups excluding carboxylic acids is 1. The molecule has 1 saturated heterocycles. The molecular weight excluding hydrogens is 337 g/mol. The summed E-state index contributed by atoms with van der Waals surface area (Å²) in [5.41, 5.74) is 1.36.